The van der Waals surface area contributed by atoms with Crippen LogP contribution in [0.3, 0.4) is 0 Å². The number of ether oxygens (including phenoxy) is 1. The number of benzene rings is 1. The first-order valence-electron chi connectivity index (χ1n) is 7.87. The Hall–Kier alpha value is -1.67. The minimum absolute atomic E-state index is 0.0152. The van der Waals surface area contributed by atoms with Gasteiger partial charge < -0.3 is 4.74 Å². The highest BCUT2D eigenvalue weighted by atomic mass is 32.2. The lowest BCUT2D eigenvalue weighted by Crippen LogP contribution is -2.25. The molecule has 1 fully saturated rings. The quantitative estimate of drug-likeness (QED) is 0.900. The van der Waals surface area contributed by atoms with Gasteiger partial charge in [0.15, 0.2) is 5.82 Å². The molecule has 4 rings (SSSR count). The smallest absolute Gasteiger partial charge is 0.267 e. The van der Waals surface area contributed by atoms with Crippen LogP contribution in [0.4, 0.5) is 5.13 Å². The Bertz CT molecular complexity index is 914. The Labute approximate surface area is 145 Å². The van der Waals surface area contributed by atoms with Gasteiger partial charge in [-0.1, -0.05) is 19.1 Å². The van der Waals surface area contributed by atoms with Crippen molar-refractivity contribution in [1.82, 2.24) is 9.36 Å². The predicted octanol–water partition coefficient (Wildman–Crippen LogP) is 3.10. The summed E-state index contributed by atoms with van der Waals surface area (Å²) in [7, 11) is -3.77. The summed E-state index contributed by atoms with van der Waals surface area (Å²) < 4.78 is 38.3. The average Bonchev–Trinajstić information content (AvgIpc) is 2.93. The van der Waals surface area contributed by atoms with Gasteiger partial charge in [-0.3, -0.25) is 4.72 Å². The molecule has 1 aromatic carbocycles. The summed E-state index contributed by atoms with van der Waals surface area (Å²) in [4.78, 5) is 4.51. The van der Waals surface area contributed by atoms with E-state index in [0.29, 0.717) is 17.3 Å². The van der Waals surface area contributed by atoms with Crippen LogP contribution in [0, 0.1) is 0 Å². The number of nitrogens with zero attached hydrogens (tertiary/aromatic N) is 2. The van der Waals surface area contributed by atoms with Gasteiger partial charge in [-0.2, -0.15) is 4.37 Å². The van der Waals surface area contributed by atoms with Gasteiger partial charge in [0.2, 0.25) is 5.13 Å². The molecule has 24 heavy (non-hydrogen) atoms. The standard InChI is InChI=1S/C16H19N3O3S2/c1-15(2)9-10-5-4-6-11(12(10)22-15)24(20,21)19-14-17-13(18-23-14)16(3)7-8-16/h4-6H,7-9H2,1-3H3,(H,17,18,19). The minimum Gasteiger partial charge on any atom is -0.486 e. The third-order valence-electron chi connectivity index (χ3n) is 4.53. The number of hydrogen-bond acceptors (Lipinski definition) is 6. The minimum atomic E-state index is -3.77. The van der Waals surface area contributed by atoms with Crippen LogP contribution in [-0.2, 0) is 21.9 Å². The van der Waals surface area contributed by atoms with Gasteiger partial charge in [-0.25, -0.2) is 13.4 Å². The molecule has 2 aromatic rings. The van der Waals surface area contributed by atoms with Gasteiger partial charge >= 0.3 is 0 Å². The molecule has 1 aliphatic heterocycles. The summed E-state index contributed by atoms with van der Waals surface area (Å²) in [5.41, 5.74) is 0.525. The van der Waals surface area contributed by atoms with Crippen LogP contribution in [0.5, 0.6) is 5.75 Å². The maximum atomic E-state index is 12.8. The topological polar surface area (TPSA) is 81.2 Å². The molecule has 128 valence electrons. The van der Waals surface area contributed by atoms with E-state index in [2.05, 4.69) is 21.0 Å². The Morgan fingerprint density at radius 2 is 2.00 bits per heavy atom. The Morgan fingerprint density at radius 3 is 2.71 bits per heavy atom. The second kappa shape index (κ2) is 4.92. The Balaban J connectivity index is 1.65. The first kappa shape index (κ1) is 15.8. The number of rotatable bonds is 4. The number of fused-ring (bicyclic) bond motifs is 1. The van der Waals surface area contributed by atoms with E-state index < -0.39 is 15.6 Å². The summed E-state index contributed by atoms with van der Waals surface area (Å²) in [6.07, 6.45) is 2.78. The fourth-order valence-corrected chi connectivity index (χ4v) is 4.99. The summed E-state index contributed by atoms with van der Waals surface area (Å²) in [5.74, 6) is 1.16. The van der Waals surface area contributed by atoms with Crippen LogP contribution in [-0.4, -0.2) is 23.4 Å². The molecule has 1 aliphatic carbocycles. The van der Waals surface area contributed by atoms with Crippen molar-refractivity contribution in [2.75, 3.05) is 4.72 Å². The lowest BCUT2D eigenvalue weighted by molar-refractivity contribution is 0.135. The third-order valence-corrected chi connectivity index (χ3v) is 6.65. The number of para-hydroxylation sites is 1. The predicted molar refractivity (Wildman–Crippen MR) is 92.2 cm³/mol. The number of nitrogens with one attached hydrogen (secondary N) is 1. The summed E-state index contributed by atoms with van der Waals surface area (Å²) in [6.45, 7) is 5.99. The van der Waals surface area contributed by atoms with E-state index in [1.54, 1.807) is 12.1 Å². The number of aromatic nitrogens is 2. The van der Waals surface area contributed by atoms with Crippen molar-refractivity contribution >= 4 is 26.7 Å². The zero-order chi connectivity index (χ0) is 17.2. The molecular weight excluding hydrogens is 346 g/mol. The highest BCUT2D eigenvalue weighted by Gasteiger charge is 2.43. The highest BCUT2D eigenvalue weighted by molar-refractivity contribution is 7.93. The van der Waals surface area contributed by atoms with E-state index in [4.69, 9.17) is 4.74 Å². The first-order valence-corrected chi connectivity index (χ1v) is 10.1. The molecule has 0 spiro atoms. The van der Waals surface area contributed by atoms with Crippen LogP contribution in [0.25, 0.3) is 0 Å². The van der Waals surface area contributed by atoms with Gasteiger partial charge in [-0.05, 0) is 38.3 Å². The van der Waals surface area contributed by atoms with E-state index in [9.17, 15) is 8.42 Å². The van der Waals surface area contributed by atoms with Gasteiger partial charge in [0.05, 0.1) is 0 Å². The van der Waals surface area contributed by atoms with Crippen LogP contribution in [0.15, 0.2) is 23.1 Å². The second-order valence-electron chi connectivity index (χ2n) is 7.37. The van der Waals surface area contributed by atoms with E-state index >= 15 is 0 Å². The zero-order valence-electron chi connectivity index (χ0n) is 13.8. The van der Waals surface area contributed by atoms with Gasteiger partial charge in [0, 0.05) is 23.4 Å². The van der Waals surface area contributed by atoms with E-state index in [0.717, 1.165) is 35.8 Å². The fourth-order valence-electron chi connectivity index (χ4n) is 2.89. The summed E-state index contributed by atoms with van der Waals surface area (Å²) >= 11 is 1.08. The molecular formula is C16H19N3O3S2. The zero-order valence-corrected chi connectivity index (χ0v) is 15.4. The van der Waals surface area contributed by atoms with Gasteiger partial charge in [0.25, 0.3) is 10.0 Å². The molecule has 1 N–H and O–H groups in total. The molecule has 0 saturated heterocycles. The lowest BCUT2D eigenvalue weighted by Gasteiger charge is -2.18. The van der Waals surface area contributed by atoms with Crippen LogP contribution in [0.2, 0.25) is 0 Å². The maximum Gasteiger partial charge on any atom is 0.267 e. The van der Waals surface area contributed by atoms with E-state index in [1.165, 1.54) is 0 Å². The van der Waals surface area contributed by atoms with Crippen molar-refractivity contribution in [3.05, 3.63) is 29.6 Å². The monoisotopic (exact) mass is 365 g/mol. The van der Waals surface area contributed by atoms with Crippen molar-refractivity contribution in [3.63, 3.8) is 0 Å². The average molecular weight is 365 g/mol. The molecule has 0 amide bonds. The van der Waals surface area contributed by atoms with Crippen molar-refractivity contribution < 1.29 is 13.2 Å². The molecule has 0 bridgehead atoms. The molecule has 0 unspecified atom stereocenters. The molecule has 8 heteroatoms. The molecule has 2 aliphatic rings. The van der Waals surface area contributed by atoms with Crippen molar-refractivity contribution in [1.29, 1.82) is 0 Å². The molecule has 0 radical (unpaired) electrons. The van der Waals surface area contributed by atoms with Crippen molar-refractivity contribution in [2.45, 2.75) is 55.9 Å². The normalized spacial score (nSPS) is 20.3. The largest absolute Gasteiger partial charge is 0.486 e. The fraction of sp³-hybridized carbons (Fsp3) is 0.500. The third kappa shape index (κ3) is 2.67. The van der Waals surface area contributed by atoms with Gasteiger partial charge in [0.1, 0.15) is 16.2 Å². The number of sulfonamides is 1. The molecule has 1 saturated carbocycles. The molecule has 6 nitrogen and oxygen atoms in total. The molecule has 2 heterocycles. The van der Waals surface area contributed by atoms with Crippen LogP contribution >= 0.6 is 11.5 Å². The molecule has 0 atom stereocenters. The Kier molecular flexibility index (Phi) is 3.25. The SMILES string of the molecule is CC1(C)Cc2cccc(S(=O)(=O)Nc3nc(C4(C)CC4)ns3)c2O1. The number of anilines is 1. The van der Waals surface area contributed by atoms with Crippen molar-refractivity contribution in [3.8, 4) is 5.75 Å². The van der Waals surface area contributed by atoms with Gasteiger partial charge in [-0.15, -0.1) is 0 Å². The Morgan fingerprint density at radius 1 is 1.25 bits per heavy atom. The second-order valence-corrected chi connectivity index (χ2v) is 9.77. The van der Waals surface area contributed by atoms with Crippen LogP contribution in [0.1, 0.15) is 45.0 Å². The number of hydrogen-bond donors (Lipinski definition) is 1. The van der Waals surface area contributed by atoms with E-state index in [-0.39, 0.29) is 10.3 Å². The van der Waals surface area contributed by atoms with E-state index in [1.807, 2.05) is 19.9 Å². The lowest BCUT2D eigenvalue weighted by atomic mass is 10.0. The summed E-state index contributed by atoms with van der Waals surface area (Å²) in [6, 6.07) is 5.21. The molecule has 1 aromatic heterocycles. The summed E-state index contributed by atoms with van der Waals surface area (Å²) in [5, 5.41) is 0.299. The van der Waals surface area contributed by atoms with Crippen molar-refractivity contribution in [2.24, 2.45) is 0 Å². The maximum absolute atomic E-state index is 12.8. The first-order chi connectivity index (χ1) is 11.2. The van der Waals surface area contributed by atoms with Crippen LogP contribution < -0.4 is 9.46 Å². The highest BCUT2D eigenvalue weighted by Crippen LogP contribution is 2.47.